The van der Waals surface area contributed by atoms with Gasteiger partial charge in [0.25, 0.3) is 5.91 Å². The summed E-state index contributed by atoms with van der Waals surface area (Å²) in [5, 5.41) is 10.4. The second kappa shape index (κ2) is 3.86. The van der Waals surface area contributed by atoms with E-state index in [-0.39, 0.29) is 5.91 Å². The maximum absolute atomic E-state index is 11.9. The molecule has 1 heterocycles. The van der Waals surface area contributed by atoms with Crippen LogP contribution in [-0.4, -0.2) is 29.5 Å². The van der Waals surface area contributed by atoms with Gasteiger partial charge in [0.05, 0.1) is 0 Å². The number of halogens is 1. The first-order valence-electron chi connectivity index (χ1n) is 5.19. The number of amides is 1. The summed E-state index contributed by atoms with van der Waals surface area (Å²) in [7, 11) is 1.71. The van der Waals surface area contributed by atoms with Gasteiger partial charge in [-0.3, -0.25) is 4.79 Å². The summed E-state index contributed by atoms with van der Waals surface area (Å²) in [6.07, 6.45) is 0.457. The predicted molar refractivity (Wildman–Crippen MR) is 65.0 cm³/mol. The van der Waals surface area contributed by atoms with Crippen molar-refractivity contribution in [1.82, 2.24) is 4.90 Å². The van der Waals surface area contributed by atoms with Gasteiger partial charge in [0.1, 0.15) is 0 Å². The van der Waals surface area contributed by atoms with Gasteiger partial charge in [-0.25, -0.2) is 0 Å². The molecule has 0 saturated carbocycles. The van der Waals surface area contributed by atoms with E-state index in [0.717, 1.165) is 10.0 Å². The van der Waals surface area contributed by atoms with Gasteiger partial charge in [0, 0.05) is 24.5 Å². The number of likely N-dealkylation sites (N-methyl/N-ethyl adjacent to an activating group) is 1. The molecule has 0 spiro atoms. The number of likely N-dealkylation sites (tertiary alicyclic amines) is 1. The van der Waals surface area contributed by atoms with E-state index >= 15 is 0 Å². The molecule has 2 rings (SSSR count). The molecule has 4 heteroatoms. The summed E-state index contributed by atoms with van der Waals surface area (Å²) in [5.41, 5.74) is 0.359. The Labute approximate surface area is 103 Å². The van der Waals surface area contributed by atoms with Crippen molar-refractivity contribution in [2.45, 2.75) is 18.9 Å². The van der Waals surface area contributed by atoms with Crippen molar-refractivity contribution in [2.75, 3.05) is 13.6 Å². The van der Waals surface area contributed by atoms with Crippen LogP contribution >= 0.6 is 15.9 Å². The fourth-order valence-electron chi connectivity index (χ4n) is 2.10. The molecule has 1 saturated heterocycles. The lowest BCUT2D eigenvalue weighted by atomic mass is 9.91. The maximum atomic E-state index is 11.9. The van der Waals surface area contributed by atoms with E-state index in [1.54, 1.807) is 11.9 Å². The van der Waals surface area contributed by atoms with Crippen LogP contribution in [0.2, 0.25) is 0 Å². The molecule has 3 nitrogen and oxygen atoms in total. The molecule has 1 fully saturated rings. The van der Waals surface area contributed by atoms with Crippen LogP contribution in [0.3, 0.4) is 0 Å². The van der Waals surface area contributed by atoms with E-state index in [0.29, 0.717) is 18.5 Å². The van der Waals surface area contributed by atoms with Crippen LogP contribution in [0.25, 0.3) is 0 Å². The summed E-state index contributed by atoms with van der Waals surface area (Å²) in [5.74, 6) is -0.218. The molecule has 1 N–H and O–H groups in total. The Morgan fingerprint density at radius 3 is 2.62 bits per heavy atom. The van der Waals surface area contributed by atoms with Gasteiger partial charge < -0.3 is 10.0 Å². The van der Waals surface area contributed by atoms with Crippen molar-refractivity contribution in [3.63, 3.8) is 0 Å². The lowest BCUT2D eigenvalue weighted by molar-refractivity contribution is -0.143. The van der Waals surface area contributed by atoms with E-state index in [1.165, 1.54) is 0 Å². The molecule has 1 amide bonds. The average molecular weight is 284 g/mol. The van der Waals surface area contributed by atoms with E-state index in [1.807, 2.05) is 25.1 Å². The van der Waals surface area contributed by atoms with Gasteiger partial charge in [-0.15, -0.1) is 0 Å². The second-order valence-electron chi connectivity index (χ2n) is 4.35. The van der Waals surface area contributed by atoms with E-state index in [2.05, 4.69) is 15.9 Å². The number of benzene rings is 1. The first-order chi connectivity index (χ1) is 7.43. The zero-order valence-corrected chi connectivity index (χ0v) is 10.9. The van der Waals surface area contributed by atoms with Crippen LogP contribution in [0.4, 0.5) is 0 Å². The minimum Gasteiger partial charge on any atom is -0.375 e. The Morgan fingerprint density at radius 2 is 2.12 bits per heavy atom. The molecule has 0 bridgehead atoms. The van der Waals surface area contributed by atoms with E-state index < -0.39 is 5.60 Å². The number of aryl methyl sites for hydroxylation is 1. The normalized spacial score (nSPS) is 25.2. The molecule has 0 aromatic heterocycles. The largest absolute Gasteiger partial charge is 0.375 e. The zero-order chi connectivity index (χ0) is 11.9. The first-order valence-corrected chi connectivity index (χ1v) is 5.98. The summed E-state index contributed by atoms with van der Waals surface area (Å²) in [6, 6.07) is 5.63. The molecule has 16 heavy (non-hydrogen) atoms. The number of hydrogen-bond acceptors (Lipinski definition) is 2. The predicted octanol–water partition coefficient (Wildman–Crippen LogP) is 1.81. The van der Waals surface area contributed by atoms with Crippen LogP contribution < -0.4 is 0 Å². The van der Waals surface area contributed by atoms with Crippen molar-refractivity contribution >= 4 is 21.8 Å². The molecule has 1 aliphatic rings. The molecule has 1 aromatic carbocycles. The Balaban J connectivity index is 2.47. The minimum absolute atomic E-state index is 0.218. The molecule has 0 unspecified atom stereocenters. The SMILES string of the molecule is Cc1cc(Br)cc([C@@]2(O)CCN(C)C2=O)c1. The molecule has 0 radical (unpaired) electrons. The van der Waals surface area contributed by atoms with Gasteiger partial charge in [-0.05, 0) is 30.2 Å². The van der Waals surface area contributed by atoms with Gasteiger partial charge in [0.15, 0.2) is 5.60 Å². The highest BCUT2D eigenvalue weighted by Gasteiger charge is 2.45. The van der Waals surface area contributed by atoms with Gasteiger partial charge in [-0.1, -0.05) is 22.0 Å². The molecule has 0 aliphatic carbocycles. The maximum Gasteiger partial charge on any atom is 0.258 e. The first kappa shape index (κ1) is 11.6. The van der Waals surface area contributed by atoms with Crippen molar-refractivity contribution in [3.05, 3.63) is 33.8 Å². The lowest BCUT2D eigenvalue weighted by Crippen LogP contribution is -2.36. The topological polar surface area (TPSA) is 40.5 Å². The third-order valence-electron chi connectivity index (χ3n) is 3.03. The highest BCUT2D eigenvalue weighted by Crippen LogP contribution is 2.34. The number of hydrogen-bond donors (Lipinski definition) is 1. The third kappa shape index (κ3) is 1.76. The van der Waals surface area contributed by atoms with Gasteiger partial charge in [0.2, 0.25) is 0 Å². The number of carbonyl (C=O) groups is 1. The van der Waals surface area contributed by atoms with Crippen LogP contribution in [0.5, 0.6) is 0 Å². The molecular weight excluding hydrogens is 270 g/mol. The van der Waals surface area contributed by atoms with Crippen LogP contribution in [-0.2, 0) is 10.4 Å². The lowest BCUT2D eigenvalue weighted by Gasteiger charge is -2.21. The van der Waals surface area contributed by atoms with Gasteiger partial charge in [-0.2, -0.15) is 0 Å². The van der Waals surface area contributed by atoms with Gasteiger partial charge >= 0.3 is 0 Å². The monoisotopic (exact) mass is 283 g/mol. The molecule has 1 atom stereocenters. The summed E-state index contributed by atoms with van der Waals surface area (Å²) in [6.45, 7) is 2.54. The smallest absolute Gasteiger partial charge is 0.258 e. The highest BCUT2D eigenvalue weighted by molar-refractivity contribution is 9.10. The number of rotatable bonds is 1. The highest BCUT2D eigenvalue weighted by atomic mass is 79.9. The minimum atomic E-state index is -1.34. The van der Waals surface area contributed by atoms with Crippen LogP contribution in [0.1, 0.15) is 17.5 Å². The Bertz CT molecular complexity index is 426. The number of aliphatic hydroxyl groups is 1. The average Bonchev–Trinajstić information content (AvgIpc) is 2.46. The number of nitrogens with zero attached hydrogens (tertiary/aromatic N) is 1. The quantitative estimate of drug-likeness (QED) is 0.854. The molecular formula is C12H14BrNO2. The molecule has 86 valence electrons. The fraction of sp³-hybridized carbons (Fsp3) is 0.417. The molecule has 1 aliphatic heterocycles. The van der Waals surface area contributed by atoms with Crippen LogP contribution in [0.15, 0.2) is 22.7 Å². The summed E-state index contributed by atoms with van der Waals surface area (Å²) < 4.78 is 0.887. The third-order valence-corrected chi connectivity index (χ3v) is 3.49. The van der Waals surface area contributed by atoms with Crippen LogP contribution in [0, 0.1) is 6.92 Å². The Kier molecular flexibility index (Phi) is 2.80. The summed E-state index contributed by atoms with van der Waals surface area (Å²) >= 11 is 3.38. The standard InChI is InChI=1S/C12H14BrNO2/c1-8-5-9(7-10(13)6-8)12(16)3-4-14(2)11(12)15/h5-7,16H,3-4H2,1-2H3/t12-/m0/s1. The Hall–Kier alpha value is -0.870. The van der Waals surface area contributed by atoms with E-state index in [4.69, 9.17) is 0 Å². The van der Waals surface area contributed by atoms with Crippen molar-refractivity contribution in [1.29, 1.82) is 0 Å². The van der Waals surface area contributed by atoms with Crippen molar-refractivity contribution < 1.29 is 9.90 Å². The Morgan fingerprint density at radius 1 is 1.44 bits per heavy atom. The number of carbonyl (C=O) groups excluding carboxylic acids is 1. The van der Waals surface area contributed by atoms with E-state index in [9.17, 15) is 9.90 Å². The second-order valence-corrected chi connectivity index (χ2v) is 5.27. The zero-order valence-electron chi connectivity index (χ0n) is 9.33. The summed E-state index contributed by atoms with van der Waals surface area (Å²) in [4.78, 5) is 13.5. The van der Waals surface area contributed by atoms with Crippen molar-refractivity contribution in [3.8, 4) is 0 Å². The fourth-order valence-corrected chi connectivity index (χ4v) is 2.70. The van der Waals surface area contributed by atoms with Crippen molar-refractivity contribution in [2.24, 2.45) is 0 Å². The molecule has 1 aromatic rings.